The molecule has 1 aromatic heterocycles. The number of benzene rings is 1. The third-order valence-electron chi connectivity index (χ3n) is 4.87. The number of hydrogen-bond donors (Lipinski definition) is 1. The van der Waals surface area contributed by atoms with E-state index in [1.165, 1.54) is 37.9 Å². The van der Waals surface area contributed by atoms with E-state index in [0.29, 0.717) is 0 Å². The number of hydrogen-bond acceptors (Lipinski definition) is 4. The van der Waals surface area contributed by atoms with Gasteiger partial charge in [0, 0.05) is 37.9 Å². The van der Waals surface area contributed by atoms with E-state index < -0.39 is 0 Å². The summed E-state index contributed by atoms with van der Waals surface area (Å²) in [6.07, 6.45) is 8.03. The molecule has 140 valence electrons. The zero-order chi connectivity index (χ0) is 17.9. The van der Waals surface area contributed by atoms with Crippen LogP contribution in [0.1, 0.15) is 36.9 Å². The molecule has 0 unspecified atom stereocenters. The standard InChI is InChI=1S/C22H31N3O/c1-4-15-25(16-5-1)17-6-18-26-22-10-8-20(9-11-22)19-23-14-12-21-7-2-3-13-24-21/h2-3,7-11,13,23H,1,4-6,12,14-19H2. The Morgan fingerprint density at radius 2 is 1.85 bits per heavy atom. The van der Waals surface area contributed by atoms with Crippen LogP contribution in [0.5, 0.6) is 5.75 Å². The van der Waals surface area contributed by atoms with Gasteiger partial charge in [0.15, 0.2) is 0 Å². The quantitative estimate of drug-likeness (QED) is 0.661. The number of likely N-dealkylation sites (tertiary alicyclic amines) is 1. The number of rotatable bonds is 10. The summed E-state index contributed by atoms with van der Waals surface area (Å²) >= 11 is 0. The predicted molar refractivity (Wildman–Crippen MR) is 106 cm³/mol. The van der Waals surface area contributed by atoms with E-state index in [0.717, 1.165) is 50.5 Å². The van der Waals surface area contributed by atoms with Crippen molar-refractivity contribution in [1.82, 2.24) is 15.2 Å². The van der Waals surface area contributed by atoms with Gasteiger partial charge in [0.05, 0.1) is 6.61 Å². The lowest BCUT2D eigenvalue weighted by Gasteiger charge is -2.26. The summed E-state index contributed by atoms with van der Waals surface area (Å²) in [4.78, 5) is 6.90. The summed E-state index contributed by atoms with van der Waals surface area (Å²) in [6.45, 7) is 6.31. The molecule has 0 radical (unpaired) electrons. The Bertz CT molecular complexity index is 609. The molecule has 0 bridgehead atoms. The van der Waals surface area contributed by atoms with Gasteiger partial charge in [-0.05, 0) is 62.2 Å². The van der Waals surface area contributed by atoms with Crippen molar-refractivity contribution in [3.63, 3.8) is 0 Å². The van der Waals surface area contributed by atoms with Crippen LogP contribution in [0, 0.1) is 0 Å². The molecule has 0 spiro atoms. The molecule has 4 heteroatoms. The molecule has 2 heterocycles. The van der Waals surface area contributed by atoms with Gasteiger partial charge in [-0.3, -0.25) is 4.98 Å². The maximum Gasteiger partial charge on any atom is 0.119 e. The Kier molecular flexibility index (Phi) is 7.94. The SMILES string of the molecule is c1ccc(CCNCc2ccc(OCCCN3CCCCC3)cc2)nc1. The first kappa shape index (κ1) is 18.9. The Hall–Kier alpha value is -1.91. The minimum Gasteiger partial charge on any atom is -0.494 e. The average molecular weight is 354 g/mol. The van der Waals surface area contributed by atoms with Crippen LogP contribution in [-0.2, 0) is 13.0 Å². The van der Waals surface area contributed by atoms with Crippen LogP contribution in [0.2, 0.25) is 0 Å². The average Bonchev–Trinajstić information content (AvgIpc) is 2.71. The third kappa shape index (κ3) is 6.77. The molecule has 2 aromatic rings. The van der Waals surface area contributed by atoms with Gasteiger partial charge in [-0.15, -0.1) is 0 Å². The zero-order valence-corrected chi connectivity index (χ0v) is 15.7. The van der Waals surface area contributed by atoms with Gasteiger partial charge >= 0.3 is 0 Å². The molecule has 0 amide bonds. The minimum absolute atomic E-state index is 0.804. The van der Waals surface area contributed by atoms with Gasteiger partial charge in [0.2, 0.25) is 0 Å². The highest BCUT2D eigenvalue weighted by Crippen LogP contribution is 2.13. The summed E-state index contributed by atoms with van der Waals surface area (Å²) in [5.41, 5.74) is 2.42. The Balaban J connectivity index is 1.28. The fourth-order valence-electron chi connectivity index (χ4n) is 3.36. The van der Waals surface area contributed by atoms with E-state index in [2.05, 4.69) is 45.5 Å². The topological polar surface area (TPSA) is 37.4 Å². The van der Waals surface area contributed by atoms with Crippen molar-refractivity contribution < 1.29 is 4.74 Å². The Morgan fingerprint density at radius 3 is 2.62 bits per heavy atom. The van der Waals surface area contributed by atoms with Crippen LogP contribution in [0.15, 0.2) is 48.7 Å². The van der Waals surface area contributed by atoms with Crippen LogP contribution >= 0.6 is 0 Å². The second-order valence-electron chi connectivity index (χ2n) is 7.00. The maximum absolute atomic E-state index is 5.88. The fourth-order valence-corrected chi connectivity index (χ4v) is 3.36. The van der Waals surface area contributed by atoms with Crippen molar-refractivity contribution in [2.24, 2.45) is 0 Å². The van der Waals surface area contributed by atoms with Gasteiger partial charge in [-0.1, -0.05) is 24.6 Å². The van der Waals surface area contributed by atoms with Gasteiger partial charge < -0.3 is 15.0 Å². The van der Waals surface area contributed by atoms with Gasteiger partial charge in [-0.2, -0.15) is 0 Å². The van der Waals surface area contributed by atoms with Crippen molar-refractivity contribution >= 4 is 0 Å². The van der Waals surface area contributed by atoms with E-state index in [1.807, 2.05) is 18.3 Å². The summed E-state index contributed by atoms with van der Waals surface area (Å²) in [5.74, 6) is 0.973. The van der Waals surface area contributed by atoms with E-state index in [-0.39, 0.29) is 0 Å². The number of nitrogens with one attached hydrogen (secondary N) is 1. The number of aromatic nitrogens is 1. The minimum atomic E-state index is 0.804. The Morgan fingerprint density at radius 1 is 1.00 bits per heavy atom. The molecule has 0 saturated carbocycles. The first-order valence-electron chi connectivity index (χ1n) is 9.95. The van der Waals surface area contributed by atoms with E-state index in [1.54, 1.807) is 0 Å². The molecule has 1 N–H and O–H groups in total. The van der Waals surface area contributed by atoms with Gasteiger partial charge in [-0.25, -0.2) is 0 Å². The zero-order valence-electron chi connectivity index (χ0n) is 15.7. The van der Waals surface area contributed by atoms with Crippen LogP contribution < -0.4 is 10.1 Å². The lowest BCUT2D eigenvalue weighted by atomic mass is 10.1. The third-order valence-corrected chi connectivity index (χ3v) is 4.87. The highest BCUT2D eigenvalue weighted by molar-refractivity contribution is 5.27. The monoisotopic (exact) mass is 353 g/mol. The van der Waals surface area contributed by atoms with E-state index >= 15 is 0 Å². The highest BCUT2D eigenvalue weighted by atomic mass is 16.5. The largest absolute Gasteiger partial charge is 0.494 e. The highest BCUT2D eigenvalue weighted by Gasteiger charge is 2.09. The molecule has 1 fully saturated rings. The van der Waals surface area contributed by atoms with Crippen LogP contribution in [0.4, 0.5) is 0 Å². The van der Waals surface area contributed by atoms with Crippen LogP contribution in [0.25, 0.3) is 0 Å². The lowest BCUT2D eigenvalue weighted by Crippen LogP contribution is -2.31. The molecular formula is C22H31N3O. The van der Waals surface area contributed by atoms with E-state index in [9.17, 15) is 0 Å². The molecule has 1 aliphatic rings. The smallest absolute Gasteiger partial charge is 0.119 e. The summed E-state index contributed by atoms with van der Waals surface area (Å²) < 4.78 is 5.88. The van der Waals surface area contributed by atoms with Crippen LogP contribution in [-0.4, -0.2) is 42.7 Å². The first-order valence-corrected chi connectivity index (χ1v) is 9.95. The second-order valence-corrected chi connectivity index (χ2v) is 7.00. The first-order chi connectivity index (χ1) is 12.9. The normalized spacial score (nSPS) is 15.1. The van der Waals surface area contributed by atoms with E-state index in [4.69, 9.17) is 4.74 Å². The van der Waals surface area contributed by atoms with Gasteiger partial charge in [0.25, 0.3) is 0 Å². The second kappa shape index (κ2) is 10.9. The molecule has 1 saturated heterocycles. The molecule has 1 aromatic carbocycles. The predicted octanol–water partition coefficient (Wildman–Crippen LogP) is 3.67. The maximum atomic E-state index is 5.88. The van der Waals surface area contributed by atoms with Crippen molar-refractivity contribution in [2.45, 2.75) is 38.6 Å². The molecule has 0 aliphatic carbocycles. The van der Waals surface area contributed by atoms with Gasteiger partial charge in [0.1, 0.15) is 5.75 Å². The number of nitrogens with zero attached hydrogens (tertiary/aromatic N) is 2. The molecular weight excluding hydrogens is 322 g/mol. The molecule has 0 atom stereocenters. The number of pyridine rings is 1. The lowest BCUT2D eigenvalue weighted by molar-refractivity contribution is 0.205. The molecule has 3 rings (SSSR count). The van der Waals surface area contributed by atoms with Crippen molar-refractivity contribution in [1.29, 1.82) is 0 Å². The summed E-state index contributed by atoms with van der Waals surface area (Å²) in [6, 6.07) is 14.5. The molecule has 26 heavy (non-hydrogen) atoms. The summed E-state index contributed by atoms with van der Waals surface area (Å²) in [5, 5.41) is 3.47. The Labute approximate surface area is 157 Å². The van der Waals surface area contributed by atoms with Crippen molar-refractivity contribution in [3.8, 4) is 5.75 Å². The molecule has 4 nitrogen and oxygen atoms in total. The van der Waals surface area contributed by atoms with Crippen molar-refractivity contribution in [2.75, 3.05) is 32.8 Å². The summed E-state index contributed by atoms with van der Waals surface area (Å²) in [7, 11) is 0. The van der Waals surface area contributed by atoms with Crippen molar-refractivity contribution in [3.05, 3.63) is 59.9 Å². The molecule has 1 aliphatic heterocycles. The van der Waals surface area contributed by atoms with Crippen LogP contribution in [0.3, 0.4) is 0 Å². The fraction of sp³-hybridized carbons (Fsp3) is 0.500. The number of ether oxygens (including phenoxy) is 1. The number of piperidine rings is 1.